The molecule has 2 aromatic heterocycles. The number of rotatable bonds is 3. The van der Waals surface area contributed by atoms with Crippen LogP contribution >= 0.6 is 12.2 Å². The van der Waals surface area contributed by atoms with Gasteiger partial charge in [0, 0.05) is 30.3 Å². The Morgan fingerprint density at radius 3 is 2.56 bits per heavy atom. The smallest absolute Gasteiger partial charge is 0.169 e. The second-order valence-corrected chi connectivity index (χ2v) is 7.63. The first-order valence-corrected chi connectivity index (χ1v) is 9.58. The summed E-state index contributed by atoms with van der Waals surface area (Å²) in [6.07, 6.45) is 1.84. The molecule has 0 aliphatic carbocycles. The number of hydrogen-bond donors (Lipinski definition) is 1. The van der Waals surface area contributed by atoms with Crippen molar-refractivity contribution in [2.45, 2.75) is 32.9 Å². The van der Waals surface area contributed by atoms with Gasteiger partial charge < -0.3 is 14.8 Å². The number of aromatic nitrogens is 2. The van der Waals surface area contributed by atoms with E-state index in [9.17, 15) is 0 Å². The minimum absolute atomic E-state index is 0.0372. The lowest BCUT2D eigenvalue weighted by atomic mass is 9.97. The third-order valence-corrected chi connectivity index (χ3v) is 5.79. The van der Waals surface area contributed by atoms with E-state index < -0.39 is 0 Å². The Hall–Kier alpha value is -2.66. The van der Waals surface area contributed by atoms with Crippen LogP contribution in [0.5, 0.6) is 0 Å². The molecule has 138 valence electrons. The second kappa shape index (κ2) is 6.82. The van der Waals surface area contributed by atoms with Crippen LogP contribution in [-0.2, 0) is 0 Å². The van der Waals surface area contributed by atoms with Gasteiger partial charge >= 0.3 is 0 Å². The minimum atomic E-state index is 0.0372. The van der Waals surface area contributed by atoms with Gasteiger partial charge in [-0.2, -0.15) is 0 Å². The van der Waals surface area contributed by atoms with E-state index in [1.807, 2.05) is 18.3 Å². The first-order chi connectivity index (χ1) is 13.0. The summed E-state index contributed by atoms with van der Waals surface area (Å²) in [7, 11) is 2.06. The Bertz CT molecular complexity index is 993. The van der Waals surface area contributed by atoms with Gasteiger partial charge in [0.1, 0.15) is 0 Å². The molecule has 1 saturated heterocycles. The van der Waals surface area contributed by atoms with Gasteiger partial charge in [0.25, 0.3) is 0 Å². The summed E-state index contributed by atoms with van der Waals surface area (Å²) in [5.41, 5.74) is 7.20. The number of aryl methyl sites for hydroxylation is 2. The highest BCUT2D eigenvalue weighted by Gasteiger charge is 2.39. The molecule has 3 heterocycles. The van der Waals surface area contributed by atoms with E-state index in [-0.39, 0.29) is 12.1 Å². The number of hydrogen-bond acceptors (Lipinski definition) is 2. The van der Waals surface area contributed by atoms with Crippen LogP contribution < -0.4 is 5.32 Å². The molecule has 1 N–H and O–H groups in total. The molecule has 1 fully saturated rings. The molecule has 3 aromatic rings. The number of likely N-dealkylation sites (N-methyl/N-ethyl adjacent to an activating group) is 1. The summed E-state index contributed by atoms with van der Waals surface area (Å²) < 4.78 is 2.33. The third-order valence-electron chi connectivity index (χ3n) is 5.39. The summed E-state index contributed by atoms with van der Waals surface area (Å²) in [6, 6.07) is 17.1. The highest BCUT2D eigenvalue weighted by molar-refractivity contribution is 7.80. The largest absolute Gasteiger partial charge is 0.352 e. The first kappa shape index (κ1) is 17.7. The molecule has 4 nitrogen and oxygen atoms in total. The van der Waals surface area contributed by atoms with Crippen molar-refractivity contribution in [3.05, 3.63) is 82.9 Å². The van der Waals surface area contributed by atoms with Crippen molar-refractivity contribution in [3.8, 4) is 5.69 Å². The molecule has 0 unspecified atom stereocenters. The standard InChI is InChI=1S/C22H24N4S/c1-14-8-7-9-17(12-14)26-15(2)13-18(16(26)3)21-20(24-22(27)25(21)4)19-10-5-6-11-23-19/h5-13,20-21H,1-4H3,(H,24,27)/t20-,21-/m1/s1. The second-order valence-electron chi connectivity index (χ2n) is 7.24. The average molecular weight is 377 g/mol. The van der Waals surface area contributed by atoms with Crippen LogP contribution in [0.2, 0.25) is 0 Å². The first-order valence-electron chi connectivity index (χ1n) is 9.17. The molecule has 1 aliphatic rings. The summed E-state index contributed by atoms with van der Waals surface area (Å²) >= 11 is 5.57. The number of nitrogens with one attached hydrogen (secondary N) is 1. The van der Waals surface area contributed by atoms with Crippen molar-refractivity contribution in [3.63, 3.8) is 0 Å². The molecule has 1 aliphatic heterocycles. The SMILES string of the molecule is Cc1cccc(-n2c(C)cc([C@@H]3[C@@H](c4ccccn4)NC(=S)N3C)c2C)c1. The molecule has 5 heteroatoms. The predicted molar refractivity (Wildman–Crippen MR) is 113 cm³/mol. The van der Waals surface area contributed by atoms with Gasteiger partial charge in [-0.15, -0.1) is 0 Å². The fourth-order valence-electron chi connectivity index (χ4n) is 4.10. The molecule has 27 heavy (non-hydrogen) atoms. The molecule has 4 rings (SSSR count). The maximum atomic E-state index is 5.57. The lowest BCUT2D eigenvalue weighted by molar-refractivity contribution is 0.367. The van der Waals surface area contributed by atoms with Crippen molar-refractivity contribution < 1.29 is 0 Å². The van der Waals surface area contributed by atoms with Gasteiger partial charge in [-0.25, -0.2) is 0 Å². The Morgan fingerprint density at radius 2 is 1.85 bits per heavy atom. The third kappa shape index (κ3) is 3.02. The Labute approximate surface area is 165 Å². The lowest BCUT2D eigenvalue weighted by Gasteiger charge is -2.24. The molecular formula is C22H24N4S. The van der Waals surface area contributed by atoms with E-state index in [0.29, 0.717) is 0 Å². The van der Waals surface area contributed by atoms with Crippen LogP contribution in [0.3, 0.4) is 0 Å². The van der Waals surface area contributed by atoms with Gasteiger partial charge in [-0.1, -0.05) is 18.2 Å². The maximum Gasteiger partial charge on any atom is 0.169 e. The van der Waals surface area contributed by atoms with Crippen LogP contribution in [0.1, 0.15) is 40.3 Å². The zero-order chi connectivity index (χ0) is 19.1. The zero-order valence-corrected chi connectivity index (χ0v) is 16.9. The van der Waals surface area contributed by atoms with Crippen molar-refractivity contribution in [2.75, 3.05) is 7.05 Å². The van der Waals surface area contributed by atoms with Gasteiger partial charge in [0.15, 0.2) is 5.11 Å². The monoisotopic (exact) mass is 376 g/mol. The normalized spacial score (nSPS) is 19.4. The Kier molecular flexibility index (Phi) is 4.48. The Morgan fingerprint density at radius 1 is 1.04 bits per heavy atom. The molecule has 0 amide bonds. The van der Waals surface area contributed by atoms with Crippen LogP contribution in [-0.4, -0.2) is 26.6 Å². The van der Waals surface area contributed by atoms with Crippen molar-refractivity contribution in [1.29, 1.82) is 0 Å². The fraction of sp³-hybridized carbons (Fsp3) is 0.273. The number of pyridine rings is 1. The van der Waals surface area contributed by atoms with Gasteiger partial charge in [-0.05, 0) is 74.4 Å². The number of benzene rings is 1. The number of nitrogens with zero attached hydrogens (tertiary/aromatic N) is 3. The van der Waals surface area contributed by atoms with Gasteiger partial charge in [-0.3, -0.25) is 4.98 Å². The van der Waals surface area contributed by atoms with Crippen molar-refractivity contribution >= 4 is 17.3 Å². The van der Waals surface area contributed by atoms with E-state index in [1.165, 1.54) is 28.2 Å². The van der Waals surface area contributed by atoms with E-state index in [4.69, 9.17) is 12.2 Å². The van der Waals surface area contributed by atoms with Gasteiger partial charge in [0.2, 0.25) is 0 Å². The molecule has 0 bridgehead atoms. The Balaban J connectivity index is 1.82. The number of thiocarbonyl (C=S) groups is 1. The summed E-state index contributed by atoms with van der Waals surface area (Å²) in [6.45, 7) is 6.48. The van der Waals surface area contributed by atoms with Gasteiger partial charge in [0.05, 0.1) is 17.8 Å². The van der Waals surface area contributed by atoms with Crippen LogP contribution in [0.15, 0.2) is 54.7 Å². The van der Waals surface area contributed by atoms with Crippen LogP contribution in [0.25, 0.3) is 5.69 Å². The minimum Gasteiger partial charge on any atom is -0.352 e. The topological polar surface area (TPSA) is 33.1 Å². The average Bonchev–Trinajstić information content (AvgIpc) is 3.11. The quantitative estimate of drug-likeness (QED) is 0.687. The van der Waals surface area contributed by atoms with Crippen LogP contribution in [0.4, 0.5) is 0 Å². The lowest BCUT2D eigenvalue weighted by Crippen LogP contribution is -2.25. The zero-order valence-electron chi connectivity index (χ0n) is 16.1. The van der Waals surface area contributed by atoms with E-state index >= 15 is 0 Å². The fourth-order valence-corrected chi connectivity index (χ4v) is 4.34. The summed E-state index contributed by atoms with van der Waals surface area (Å²) in [4.78, 5) is 6.73. The summed E-state index contributed by atoms with van der Waals surface area (Å²) in [5.74, 6) is 0. The molecule has 0 spiro atoms. The molecule has 2 atom stereocenters. The van der Waals surface area contributed by atoms with Crippen LogP contribution in [0, 0.1) is 20.8 Å². The molecular weight excluding hydrogens is 352 g/mol. The predicted octanol–water partition coefficient (Wildman–Crippen LogP) is 4.40. The highest BCUT2D eigenvalue weighted by Crippen LogP contribution is 2.40. The van der Waals surface area contributed by atoms with Crippen molar-refractivity contribution in [2.24, 2.45) is 0 Å². The van der Waals surface area contributed by atoms with E-state index in [1.54, 1.807) is 0 Å². The molecule has 0 radical (unpaired) electrons. The highest BCUT2D eigenvalue weighted by atomic mass is 32.1. The van der Waals surface area contributed by atoms with E-state index in [2.05, 4.69) is 84.0 Å². The molecule has 1 aromatic carbocycles. The van der Waals surface area contributed by atoms with E-state index in [0.717, 1.165) is 10.8 Å². The summed E-state index contributed by atoms with van der Waals surface area (Å²) in [5, 5.41) is 4.22. The van der Waals surface area contributed by atoms with Crippen molar-refractivity contribution in [1.82, 2.24) is 19.8 Å². The molecule has 0 saturated carbocycles. The maximum absolute atomic E-state index is 5.57.